The van der Waals surface area contributed by atoms with Crippen molar-refractivity contribution < 1.29 is 5.11 Å². The number of hydrogen-bond donors (Lipinski definition) is 1. The number of nitrogens with zero attached hydrogens (tertiary/aromatic N) is 1. The first kappa shape index (κ1) is 11.1. The molecule has 0 aliphatic carbocycles. The minimum absolute atomic E-state index is 0.224. The zero-order valence-electron chi connectivity index (χ0n) is 7.66. The summed E-state index contributed by atoms with van der Waals surface area (Å²) in [5, 5.41) is 8.85. The summed E-state index contributed by atoms with van der Waals surface area (Å²) in [6.07, 6.45) is 2.65. The molecule has 0 bridgehead atoms. The van der Waals surface area contributed by atoms with Crippen LogP contribution in [0.3, 0.4) is 0 Å². The number of aliphatic hydroxyl groups excluding tert-OH is 1. The van der Waals surface area contributed by atoms with E-state index in [-0.39, 0.29) is 6.61 Å². The van der Waals surface area contributed by atoms with Crippen molar-refractivity contribution in [1.29, 1.82) is 0 Å². The molecule has 0 spiro atoms. The molecule has 0 amide bonds. The molecule has 1 aliphatic rings. The van der Waals surface area contributed by atoms with E-state index < -0.39 is 0 Å². The Balaban J connectivity index is 2.69. The van der Waals surface area contributed by atoms with E-state index in [0.29, 0.717) is 4.28 Å². The van der Waals surface area contributed by atoms with E-state index in [4.69, 9.17) is 5.11 Å². The summed E-state index contributed by atoms with van der Waals surface area (Å²) in [6, 6.07) is 0. The number of alkyl halides is 1. The molecule has 0 aromatic heterocycles. The fraction of sp³-hybridized carbons (Fsp3) is 0.556. The van der Waals surface area contributed by atoms with Crippen molar-refractivity contribution in [1.82, 2.24) is 4.90 Å². The fourth-order valence-electron chi connectivity index (χ4n) is 1.28. The Kier molecular flexibility index (Phi) is 4.35. The van der Waals surface area contributed by atoms with Gasteiger partial charge in [-0.05, 0) is 6.92 Å². The Morgan fingerprint density at radius 3 is 3.00 bits per heavy atom. The third-order valence-corrected chi connectivity index (χ3v) is 4.27. The van der Waals surface area contributed by atoms with Crippen LogP contribution in [0.15, 0.2) is 23.3 Å². The lowest BCUT2D eigenvalue weighted by Gasteiger charge is -2.21. The lowest BCUT2D eigenvalue weighted by Crippen LogP contribution is -2.22. The SMILES string of the molecule is C=CCN1C(C)=C(CCO)SC1Br. The molecule has 2 nitrogen and oxygen atoms in total. The fourth-order valence-corrected chi connectivity index (χ4v) is 3.53. The molecular formula is C9H14BrNOS. The van der Waals surface area contributed by atoms with Crippen LogP contribution >= 0.6 is 27.7 Å². The van der Waals surface area contributed by atoms with Crippen LogP contribution in [0.2, 0.25) is 0 Å². The quantitative estimate of drug-likeness (QED) is 0.479. The van der Waals surface area contributed by atoms with Crippen molar-refractivity contribution in [3.8, 4) is 0 Å². The molecule has 1 rings (SSSR count). The molecule has 0 saturated heterocycles. The maximum Gasteiger partial charge on any atom is 0.135 e. The van der Waals surface area contributed by atoms with Crippen LogP contribution in [0.5, 0.6) is 0 Å². The summed E-state index contributed by atoms with van der Waals surface area (Å²) in [6.45, 7) is 6.88. The molecule has 0 saturated carbocycles. The first-order valence-electron chi connectivity index (χ1n) is 4.19. The zero-order chi connectivity index (χ0) is 9.84. The van der Waals surface area contributed by atoms with Crippen molar-refractivity contribution in [2.45, 2.75) is 17.6 Å². The highest BCUT2D eigenvalue weighted by Crippen LogP contribution is 2.42. The molecule has 74 valence electrons. The van der Waals surface area contributed by atoms with Crippen molar-refractivity contribution in [2.24, 2.45) is 0 Å². The number of halogens is 1. The van der Waals surface area contributed by atoms with E-state index in [0.717, 1.165) is 13.0 Å². The predicted molar refractivity (Wildman–Crippen MR) is 61.6 cm³/mol. The second-order valence-electron chi connectivity index (χ2n) is 2.83. The minimum atomic E-state index is 0.224. The number of allylic oxidation sites excluding steroid dienone is 1. The summed E-state index contributed by atoms with van der Waals surface area (Å²) in [4.78, 5) is 3.49. The number of thioether (sulfide) groups is 1. The van der Waals surface area contributed by atoms with E-state index in [1.54, 1.807) is 11.8 Å². The van der Waals surface area contributed by atoms with Gasteiger partial charge in [0, 0.05) is 30.2 Å². The standard InChI is InChI=1S/C9H14BrNOS/c1-3-5-11-7(2)8(4-6-12)13-9(11)10/h3,9,12H,1,4-6H2,2H3. The molecule has 1 heterocycles. The van der Waals surface area contributed by atoms with Gasteiger partial charge in [-0.1, -0.05) is 33.8 Å². The van der Waals surface area contributed by atoms with E-state index in [2.05, 4.69) is 34.3 Å². The second kappa shape index (κ2) is 5.08. The largest absolute Gasteiger partial charge is 0.396 e. The Hall–Kier alpha value is 0.0700. The van der Waals surface area contributed by atoms with Gasteiger partial charge in [0.2, 0.25) is 0 Å². The third kappa shape index (κ3) is 2.51. The maximum absolute atomic E-state index is 8.85. The molecule has 1 aliphatic heterocycles. The van der Waals surface area contributed by atoms with Crippen LogP contribution in [0.1, 0.15) is 13.3 Å². The second-order valence-corrected chi connectivity index (χ2v) is 5.48. The lowest BCUT2D eigenvalue weighted by atomic mass is 10.3. The topological polar surface area (TPSA) is 23.5 Å². The predicted octanol–water partition coefficient (Wildman–Crippen LogP) is 2.51. The first-order chi connectivity index (χ1) is 6.20. The van der Waals surface area contributed by atoms with Gasteiger partial charge in [0.1, 0.15) is 4.28 Å². The van der Waals surface area contributed by atoms with Gasteiger partial charge < -0.3 is 10.0 Å². The highest BCUT2D eigenvalue weighted by molar-refractivity contribution is 9.11. The summed E-state index contributed by atoms with van der Waals surface area (Å²) >= 11 is 5.34. The first-order valence-corrected chi connectivity index (χ1v) is 5.99. The molecule has 1 atom stereocenters. The van der Waals surface area contributed by atoms with Gasteiger partial charge in [0.15, 0.2) is 0 Å². The molecule has 4 heteroatoms. The molecule has 0 aromatic carbocycles. The van der Waals surface area contributed by atoms with Crippen LogP contribution in [-0.4, -0.2) is 27.4 Å². The van der Waals surface area contributed by atoms with Crippen molar-refractivity contribution >= 4 is 27.7 Å². The average Bonchev–Trinajstić information content (AvgIpc) is 2.34. The van der Waals surface area contributed by atoms with Gasteiger partial charge >= 0.3 is 0 Å². The van der Waals surface area contributed by atoms with Crippen LogP contribution in [0, 0.1) is 0 Å². The van der Waals surface area contributed by atoms with E-state index in [1.165, 1.54) is 10.6 Å². The number of hydrogen-bond acceptors (Lipinski definition) is 3. The third-order valence-electron chi connectivity index (χ3n) is 1.98. The number of rotatable bonds is 4. The Bertz CT molecular complexity index is 230. The molecule has 1 unspecified atom stereocenters. The summed E-state index contributed by atoms with van der Waals surface area (Å²) in [5.74, 6) is 0. The molecule has 0 aromatic rings. The van der Waals surface area contributed by atoms with Gasteiger partial charge in [-0.25, -0.2) is 0 Å². The minimum Gasteiger partial charge on any atom is -0.396 e. The van der Waals surface area contributed by atoms with Crippen molar-refractivity contribution in [2.75, 3.05) is 13.2 Å². The van der Waals surface area contributed by atoms with Gasteiger partial charge in [-0.15, -0.1) is 6.58 Å². The smallest absolute Gasteiger partial charge is 0.135 e. The van der Waals surface area contributed by atoms with Crippen molar-refractivity contribution in [3.05, 3.63) is 23.3 Å². The van der Waals surface area contributed by atoms with Crippen molar-refractivity contribution in [3.63, 3.8) is 0 Å². The maximum atomic E-state index is 8.85. The van der Waals surface area contributed by atoms with E-state index in [1.807, 2.05) is 6.08 Å². The van der Waals surface area contributed by atoms with Crippen LogP contribution < -0.4 is 0 Å². The number of aliphatic hydroxyl groups is 1. The molecule has 0 radical (unpaired) electrons. The van der Waals surface area contributed by atoms with Crippen LogP contribution in [-0.2, 0) is 0 Å². The molecule has 13 heavy (non-hydrogen) atoms. The summed E-state index contributed by atoms with van der Waals surface area (Å²) in [7, 11) is 0. The zero-order valence-corrected chi connectivity index (χ0v) is 10.1. The lowest BCUT2D eigenvalue weighted by molar-refractivity contribution is 0.300. The Morgan fingerprint density at radius 2 is 2.46 bits per heavy atom. The van der Waals surface area contributed by atoms with Gasteiger partial charge in [-0.3, -0.25) is 0 Å². The summed E-state index contributed by atoms with van der Waals surface area (Å²) < 4.78 is 0.298. The van der Waals surface area contributed by atoms with Crippen LogP contribution in [0.4, 0.5) is 0 Å². The van der Waals surface area contributed by atoms with Gasteiger partial charge in [0.25, 0.3) is 0 Å². The van der Waals surface area contributed by atoms with Gasteiger partial charge in [-0.2, -0.15) is 0 Å². The van der Waals surface area contributed by atoms with Crippen LogP contribution in [0.25, 0.3) is 0 Å². The van der Waals surface area contributed by atoms with E-state index >= 15 is 0 Å². The molecule has 1 N–H and O–H groups in total. The normalized spacial score (nSPS) is 22.7. The monoisotopic (exact) mass is 263 g/mol. The Labute approximate surface area is 91.8 Å². The van der Waals surface area contributed by atoms with Gasteiger partial charge in [0.05, 0.1) is 0 Å². The molecular weight excluding hydrogens is 250 g/mol. The van der Waals surface area contributed by atoms with E-state index in [9.17, 15) is 0 Å². The highest BCUT2D eigenvalue weighted by Gasteiger charge is 2.26. The highest BCUT2D eigenvalue weighted by atomic mass is 79.9. The summed E-state index contributed by atoms with van der Waals surface area (Å²) in [5.41, 5.74) is 1.25. The Morgan fingerprint density at radius 1 is 1.77 bits per heavy atom. The average molecular weight is 264 g/mol. The molecule has 0 fully saturated rings.